The number of aromatic nitrogens is 4. The number of alkyl halides is 2. The summed E-state index contributed by atoms with van der Waals surface area (Å²) in [5.41, 5.74) is 0.997. The van der Waals surface area contributed by atoms with Crippen LogP contribution in [-0.4, -0.2) is 99.7 Å². The van der Waals surface area contributed by atoms with Crippen molar-refractivity contribution in [1.82, 2.24) is 29.3 Å². The van der Waals surface area contributed by atoms with Gasteiger partial charge in [0.2, 0.25) is 17.8 Å². The van der Waals surface area contributed by atoms with Gasteiger partial charge in [0.1, 0.15) is 11.6 Å². The first-order valence-corrected chi connectivity index (χ1v) is 14.2. The lowest BCUT2D eigenvalue weighted by molar-refractivity contribution is -0.139. The van der Waals surface area contributed by atoms with Gasteiger partial charge in [-0.2, -0.15) is 9.97 Å². The monoisotopic (exact) mass is 568 g/mol. The van der Waals surface area contributed by atoms with Crippen LogP contribution in [0.4, 0.5) is 20.5 Å². The molecule has 2 aromatic heterocycles. The number of rotatable bonds is 6. The number of hydrogen-bond donors (Lipinski definition) is 1. The van der Waals surface area contributed by atoms with Crippen LogP contribution >= 0.6 is 0 Å². The third-order valence-electron chi connectivity index (χ3n) is 8.15. The molecule has 41 heavy (non-hydrogen) atoms. The molecule has 1 N–H and O–H groups in total. The minimum Gasteiger partial charge on any atom is -0.378 e. The summed E-state index contributed by atoms with van der Waals surface area (Å²) in [5.74, 6) is 0.948. The number of amides is 2. The van der Waals surface area contributed by atoms with Gasteiger partial charge in [0.15, 0.2) is 5.82 Å². The van der Waals surface area contributed by atoms with Crippen LogP contribution in [0.15, 0.2) is 30.3 Å². The highest BCUT2D eigenvalue weighted by Gasteiger charge is 2.34. The van der Waals surface area contributed by atoms with Crippen molar-refractivity contribution in [1.29, 1.82) is 0 Å². The predicted molar refractivity (Wildman–Crippen MR) is 148 cm³/mol. The van der Waals surface area contributed by atoms with Crippen LogP contribution in [0.5, 0.6) is 0 Å². The molecular formula is C28H34F2N8O3. The summed E-state index contributed by atoms with van der Waals surface area (Å²) < 4.78 is 35.2. The van der Waals surface area contributed by atoms with Crippen molar-refractivity contribution in [3.05, 3.63) is 36.2 Å². The molecule has 6 rings (SSSR count). The molecular weight excluding hydrogens is 534 g/mol. The topological polar surface area (TPSA) is 109 Å². The molecule has 0 spiro atoms. The first-order chi connectivity index (χ1) is 19.9. The van der Waals surface area contributed by atoms with Gasteiger partial charge in [-0.1, -0.05) is 12.1 Å². The number of carbonyl (C=O) groups excluding carboxylic acids is 2. The number of hydrogen-bond acceptors (Lipinski definition) is 8. The number of ether oxygens (including phenoxy) is 1. The zero-order valence-electron chi connectivity index (χ0n) is 23.0. The number of nitrogens with one attached hydrogen (secondary N) is 1. The maximum atomic E-state index is 14.1. The van der Waals surface area contributed by atoms with Crippen LogP contribution in [0, 0.1) is 5.92 Å². The third-order valence-corrected chi connectivity index (χ3v) is 8.15. The van der Waals surface area contributed by atoms with Gasteiger partial charge in [0.25, 0.3) is 6.43 Å². The smallest absolute Gasteiger partial charge is 0.296 e. The van der Waals surface area contributed by atoms with E-state index < -0.39 is 6.43 Å². The van der Waals surface area contributed by atoms with Gasteiger partial charge in [-0.15, -0.1) is 0 Å². The third kappa shape index (κ3) is 5.67. The molecule has 3 aliphatic heterocycles. The zero-order chi connectivity index (χ0) is 28.5. The molecule has 3 aromatic rings. The lowest BCUT2D eigenvalue weighted by Crippen LogP contribution is -2.43. The van der Waals surface area contributed by atoms with Crippen LogP contribution in [0.2, 0.25) is 0 Å². The van der Waals surface area contributed by atoms with Gasteiger partial charge in [-0.05, 0) is 31.4 Å². The average molecular weight is 569 g/mol. The Morgan fingerprint density at radius 1 is 0.976 bits per heavy atom. The van der Waals surface area contributed by atoms with Gasteiger partial charge in [0.05, 0.1) is 24.2 Å². The second-order valence-corrected chi connectivity index (χ2v) is 10.8. The Hall–Kier alpha value is -3.87. The summed E-state index contributed by atoms with van der Waals surface area (Å²) in [6.07, 6.45) is -0.703. The van der Waals surface area contributed by atoms with E-state index in [0.717, 1.165) is 6.42 Å². The molecule has 0 aliphatic carbocycles. The summed E-state index contributed by atoms with van der Waals surface area (Å²) in [7, 11) is 0. The van der Waals surface area contributed by atoms with E-state index in [0.29, 0.717) is 93.9 Å². The number of piperidine rings is 1. The Morgan fingerprint density at radius 2 is 1.71 bits per heavy atom. The normalized spacial score (nSPS) is 20.3. The van der Waals surface area contributed by atoms with Crippen molar-refractivity contribution in [3.8, 4) is 5.82 Å². The molecule has 0 radical (unpaired) electrons. The molecule has 0 saturated carbocycles. The van der Waals surface area contributed by atoms with E-state index in [4.69, 9.17) is 14.7 Å². The number of fused-ring (bicyclic) bond motifs is 1. The molecule has 1 aromatic carbocycles. The Kier molecular flexibility index (Phi) is 7.69. The summed E-state index contributed by atoms with van der Waals surface area (Å²) >= 11 is 0. The molecule has 11 nitrogen and oxygen atoms in total. The summed E-state index contributed by atoms with van der Waals surface area (Å²) in [6, 6.07) is 8.62. The van der Waals surface area contributed by atoms with Crippen LogP contribution in [0.3, 0.4) is 0 Å². The van der Waals surface area contributed by atoms with Crippen molar-refractivity contribution >= 4 is 34.6 Å². The van der Waals surface area contributed by atoms with Crippen LogP contribution < -0.4 is 10.2 Å². The highest BCUT2D eigenvalue weighted by molar-refractivity contribution is 5.80. The molecule has 1 atom stereocenters. The molecule has 3 aliphatic rings. The summed E-state index contributed by atoms with van der Waals surface area (Å²) in [4.78, 5) is 44.2. The Morgan fingerprint density at radius 3 is 2.44 bits per heavy atom. The Labute approximate surface area is 236 Å². The molecule has 5 heterocycles. The highest BCUT2D eigenvalue weighted by Crippen LogP contribution is 2.30. The number of imidazole rings is 1. The van der Waals surface area contributed by atoms with E-state index in [1.165, 1.54) is 4.57 Å². The molecule has 2 amide bonds. The lowest BCUT2D eigenvalue weighted by Gasteiger charge is -2.32. The maximum absolute atomic E-state index is 14.1. The fourth-order valence-electron chi connectivity index (χ4n) is 5.93. The number of nitrogens with zero attached hydrogens (tertiary/aromatic N) is 7. The van der Waals surface area contributed by atoms with E-state index in [1.54, 1.807) is 42.2 Å². The molecule has 3 saturated heterocycles. The Bertz CT molecular complexity index is 1420. The number of halogens is 2. The largest absolute Gasteiger partial charge is 0.378 e. The minimum absolute atomic E-state index is 0.0476. The first-order valence-electron chi connectivity index (χ1n) is 14.2. The van der Waals surface area contributed by atoms with Crippen molar-refractivity contribution in [2.45, 2.75) is 38.7 Å². The lowest BCUT2D eigenvalue weighted by atomic mass is 9.95. The van der Waals surface area contributed by atoms with Gasteiger partial charge in [-0.25, -0.2) is 13.8 Å². The minimum atomic E-state index is -2.79. The fraction of sp³-hybridized carbons (Fsp3) is 0.536. The van der Waals surface area contributed by atoms with E-state index in [2.05, 4.69) is 10.3 Å². The molecule has 0 bridgehead atoms. The van der Waals surface area contributed by atoms with E-state index in [9.17, 15) is 18.4 Å². The maximum Gasteiger partial charge on any atom is 0.296 e. The zero-order valence-corrected chi connectivity index (χ0v) is 23.0. The number of likely N-dealkylation sites (tertiary alicyclic amines) is 2. The van der Waals surface area contributed by atoms with Gasteiger partial charge >= 0.3 is 0 Å². The fourth-order valence-corrected chi connectivity index (χ4v) is 5.93. The van der Waals surface area contributed by atoms with E-state index in [-0.39, 0.29) is 29.6 Å². The van der Waals surface area contributed by atoms with E-state index >= 15 is 0 Å². The molecule has 0 unspecified atom stereocenters. The molecule has 13 heteroatoms. The van der Waals surface area contributed by atoms with Crippen molar-refractivity contribution in [2.24, 2.45) is 5.92 Å². The van der Waals surface area contributed by atoms with Gasteiger partial charge < -0.3 is 24.8 Å². The van der Waals surface area contributed by atoms with Crippen molar-refractivity contribution in [3.63, 3.8) is 0 Å². The average Bonchev–Trinajstić information content (AvgIpc) is 3.62. The number of morpholine rings is 1. The quantitative estimate of drug-likeness (QED) is 0.484. The van der Waals surface area contributed by atoms with Crippen LogP contribution in [0.25, 0.3) is 16.9 Å². The number of carbonyl (C=O) groups is 2. The Balaban J connectivity index is 1.24. The standard InChI is InChI=1S/C28H34F2N8O3/c1-18(39)35-9-6-19(7-10-35)27(40)37-11-8-20(17-37)31-23-16-24(34-28(33-23)36-12-14-41-15-13-36)38-22-5-3-2-4-21(22)32-26(38)25(29)30/h2-5,16,19-20,25H,6-15,17H2,1H3,(H,31,33,34)/t20-/m0/s1. The number of para-hydroxylation sites is 2. The second-order valence-electron chi connectivity index (χ2n) is 10.8. The summed E-state index contributed by atoms with van der Waals surface area (Å²) in [6.45, 7) is 6.15. The summed E-state index contributed by atoms with van der Waals surface area (Å²) in [5, 5.41) is 3.45. The van der Waals surface area contributed by atoms with Crippen LogP contribution in [-0.2, 0) is 14.3 Å². The van der Waals surface area contributed by atoms with Gasteiger partial charge in [0, 0.05) is 64.2 Å². The number of anilines is 2. The predicted octanol–water partition coefficient (Wildman–Crippen LogP) is 2.86. The number of benzene rings is 1. The first kappa shape index (κ1) is 27.3. The van der Waals surface area contributed by atoms with E-state index in [1.807, 2.05) is 9.80 Å². The molecule has 3 fully saturated rings. The second kappa shape index (κ2) is 11.6. The SMILES string of the molecule is CC(=O)N1CCC(C(=O)N2CC[C@H](Nc3cc(-n4c(C(F)F)nc5ccccc54)nc(N4CCOCC4)n3)C2)CC1. The van der Waals surface area contributed by atoms with Crippen molar-refractivity contribution < 1.29 is 23.1 Å². The van der Waals surface area contributed by atoms with Gasteiger partial charge in [-0.3, -0.25) is 14.2 Å². The van der Waals surface area contributed by atoms with Crippen molar-refractivity contribution in [2.75, 3.05) is 62.7 Å². The highest BCUT2D eigenvalue weighted by atomic mass is 19.3. The molecule has 218 valence electrons. The van der Waals surface area contributed by atoms with Crippen LogP contribution in [0.1, 0.15) is 38.4 Å².